The number of nitrogens with one attached hydrogen (secondary N) is 2. The van der Waals surface area contributed by atoms with Crippen LogP contribution in [0.5, 0.6) is 0 Å². The zero-order valence-corrected chi connectivity index (χ0v) is 15.0. The summed E-state index contributed by atoms with van der Waals surface area (Å²) in [6.45, 7) is 3.24. The van der Waals surface area contributed by atoms with Gasteiger partial charge in [0.15, 0.2) is 5.82 Å². The van der Waals surface area contributed by atoms with Gasteiger partial charge in [0.05, 0.1) is 5.69 Å². The molecule has 0 radical (unpaired) electrons. The fourth-order valence-corrected chi connectivity index (χ4v) is 3.35. The Morgan fingerprint density at radius 1 is 1.15 bits per heavy atom. The molecule has 26 heavy (non-hydrogen) atoms. The Balaban J connectivity index is 1.52. The normalized spacial score (nSPS) is 16.0. The smallest absolute Gasteiger partial charge is 0.287 e. The first-order valence-corrected chi connectivity index (χ1v) is 9.36. The second kappa shape index (κ2) is 6.94. The lowest BCUT2D eigenvalue weighted by Gasteiger charge is -2.17. The zero-order chi connectivity index (χ0) is 18.1. The zero-order valence-electron chi connectivity index (χ0n) is 15.0. The van der Waals surface area contributed by atoms with Crippen molar-refractivity contribution in [3.05, 3.63) is 52.6 Å². The maximum absolute atomic E-state index is 12.7. The molecule has 2 N–H and O–H groups in total. The number of amides is 2. The number of imidazole rings is 1. The SMILES string of the molecule is Cc1ccc(CNC(=O)c2nc(C(=O)NC3CC3)n3c2CCCC3)cc1. The van der Waals surface area contributed by atoms with Crippen LogP contribution in [0.15, 0.2) is 24.3 Å². The molecule has 6 nitrogen and oxygen atoms in total. The number of aromatic nitrogens is 2. The minimum absolute atomic E-state index is 0.159. The van der Waals surface area contributed by atoms with Crippen molar-refractivity contribution in [2.24, 2.45) is 0 Å². The van der Waals surface area contributed by atoms with Gasteiger partial charge >= 0.3 is 0 Å². The third kappa shape index (κ3) is 3.49. The highest BCUT2D eigenvalue weighted by molar-refractivity contribution is 5.97. The summed E-state index contributed by atoms with van der Waals surface area (Å²) in [6, 6.07) is 8.35. The number of fused-ring (bicyclic) bond motifs is 1. The van der Waals surface area contributed by atoms with Gasteiger partial charge < -0.3 is 15.2 Å². The van der Waals surface area contributed by atoms with E-state index in [0.29, 0.717) is 18.1 Å². The van der Waals surface area contributed by atoms with Crippen LogP contribution in [0.4, 0.5) is 0 Å². The Morgan fingerprint density at radius 3 is 2.65 bits per heavy atom. The van der Waals surface area contributed by atoms with Crippen LogP contribution in [-0.2, 0) is 19.5 Å². The molecule has 0 spiro atoms. The molecule has 136 valence electrons. The fraction of sp³-hybridized carbons (Fsp3) is 0.450. The topological polar surface area (TPSA) is 76.0 Å². The van der Waals surface area contributed by atoms with Crippen molar-refractivity contribution in [3.63, 3.8) is 0 Å². The maximum Gasteiger partial charge on any atom is 0.287 e. The minimum Gasteiger partial charge on any atom is -0.347 e. The molecule has 1 aromatic heterocycles. The maximum atomic E-state index is 12.7. The molecule has 2 amide bonds. The van der Waals surface area contributed by atoms with Crippen molar-refractivity contribution in [1.29, 1.82) is 0 Å². The molecule has 2 heterocycles. The van der Waals surface area contributed by atoms with Gasteiger partial charge in [-0.25, -0.2) is 4.98 Å². The first-order valence-electron chi connectivity index (χ1n) is 9.36. The van der Waals surface area contributed by atoms with E-state index in [1.807, 2.05) is 35.8 Å². The monoisotopic (exact) mass is 352 g/mol. The van der Waals surface area contributed by atoms with E-state index in [4.69, 9.17) is 0 Å². The minimum atomic E-state index is -0.207. The van der Waals surface area contributed by atoms with Crippen LogP contribution in [0, 0.1) is 6.92 Å². The third-order valence-corrected chi connectivity index (χ3v) is 5.02. The van der Waals surface area contributed by atoms with Crippen LogP contribution in [0.3, 0.4) is 0 Å². The highest BCUT2D eigenvalue weighted by Gasteiger charge is 2.30. The van der Waals surface area contributed by atoms with Crippen molar-refractivity contribution in [2.45, 2.75) is 58.2 Å². The largest absolute Gasteiger partial charge is 0.347 e. The van der Waals surface area contributed by atoms with E-state index in [-0.39, 0.29) is 17.9 Å². The van der Waals surface area contributed by atoms with Gasteiger partial charge in [0.2, 0.25) is 0 Å². The van der Waals surface area contributed by atoms with Gasteiger partial charge in [-0.05, 0) is 44.6 Å². The molecule has 1 aliphatic heterocycles. The molecule has 0 saturated heterocycles. The second-order valence-electron chi connectivity index (χ2n) is 7.26. The lowest BCUT2D eigenvalue weighted by atomic mass is 10.1. The molecule has 1 aromatic carbocycles. The van der Waals surface area contributed by atoms with Crippen molar-refractivity contribution in [3.8, 4) is 0 Å². The van der Waals surface area contributed by atoms with E-state index in [0.717, 1.165) is 49.9 Å². The number of benzene rings is 1. The van der Waals surface area contributed by atoms with Gasteiger partial charge in [0, 0.05) is 19.1 Å². The predicted octanol–water partition coefficient (Wildman–Crippen LogP) is 2.35. The van der Waals surface area contributed by atoms with E-state index in [1.165, 1.54) is 5.56 Å². The van der Waals surface area contributed by atoms with Crippen LogP contribution in [0.25, 0.3) is 0 Å². The third-order valence-electron chi connectivity index (χ3n) is 5.02. The molecule has 0 unspecified atom stereocenters. The molecule has 2 aromatic rings. The number of hydrogen-bond acceptors (Lipinski definition) is 3. The quantitative estimate of drug-likeness (QED) is 0.867. The van der Waals surface area contributed by atoms with E-state index in [2.05, 4.69) is 15.6 Å². The Kier molecular flexibility index (Phi) is 4.49. The summed E-state index contributed by atoms with van der Waals surface area (Å²) in [5.41, 5.74) is 3.52. The molecule has 1 saturated carbocycles. The van der Waals surface area contributed by atoms with Crippen LogP contribution >= 0.6 is 0 Å². The molecule has 1 fully saturated rings. The Morgan fingerprint density at radius 2 is 1.92 bits per heavy atom. The summed E-state index contributed by atoms with van der Waals surface area (Å²) in [6.07, 6.45) is 4.88. The second-order valence-corrected chi connectivity index (χ2v) is 7.26. The summed E-state index contributed by atoms with van der Waals surface area (Å²) >= 11 is 0. The van der Waals surface area contributed by atoms with Gasteiger partial charge in [-0.2, -0.15) is 0 Å². The predicted molar refractivity (Wildman–Crippen MR) is 98.0 cm³/mol. The Bertz CT molecular complexity index is 834. The molecular weight excluding hydrogens is 328 g/mol. The summed E-state index contributed by atoms with van der Waals surface area (Å²) in [5.74, 6) is 0.0158. The van der Waals surface area contributed by atoms with Crippen LogP contribution in [0.2, 0.25) is 0 Å². The van der Waals surface area contributed by atoms with Crippen molar-refractivity contribution in [1.82, 2.24) is 20.2 Å². The molecule has 4 rings (SSSR count). The summed E-state index contributed by atoms with van der Waals surface area (Å²) < 4.78 is 1.93. The molecule has 6 heteroatoms. The van der Waals surface area contributed by atoms with Crippen LogP contribution < -0.4 is 10.6 Å². The number of nitrogens with zero attached hydrogens (tertiary/aromatic N) is 2. The first kappa shape index (κ1) is 16.8. The number of aryl methyl sites for hydroxylation is 1. The number of carbonyl (C=O) groups is 2. The van der Waals surface area contributed by atoms with E-state index in [1.54, 1.807) is 0 Å². The van der Waals surface area contributed by atoms with Gasteiger partial charge in [-0.15, -0.1) is 0 Å². The molecular formula is C20H24N4O2. The van der Waals surface area contributed by atoms with Crippen LogP contribution in [0.1, 0.15) is 63.6 Å². The molecule has 2 aliphatic rings. The Labute approximate surface area is 153 Å². The molecule has 0 atom stereocenters. The average molecular weight is 352 g/mol. The van der Waals surface area contributed by atoms with E-state index in [9.17, 15) is 9.59 Å². The average Bonchev–Trinajstić information content (AvgIpc) is 3.38. The van der Waals surface area contributed by atoms with Crippen molar-refractivity contribution >= 4 is 11.8 Å². The van der Waals surface area contributed by atoms with Gasteiger partial charge in [0.25, 0.3) is 11.8 Å². The van der Waals surface area contributed by atoms with Crippen LogP contribution in [-0.4, -0.2) is 27.4 Å². The van der Waals surface area contributed by atoms with Crippen molar-refractivity contribution < 1.29 is 9.59 Å². The molecule has 0 bridgehead atoms. The van der Waals surface area contributed by atoms with Gasteiger partial charge in [0.1, 0.15) is 5.69 Å². The lowest BCUT2D eigenvalue weighted by Crippen LogP contribution is -2.29. The number of rotatable bonds is 5. The number of hydrogen-bond donors (Lipinski definition) is 2. The van der Waals surface area contributed by atoms with Crippen molar-refractivity contribution in [2.75, 3.05) is 0 Å². The lowest BCUT2D eigenvalue weighted by molar-refractivity contribution is 0.0935. The fourth-order valence-electron chi connectivity index (χ4n) is 3.35. The van der Waals surface area contributed by atoms with Gasteiger partial charge in [-0.3, -0.25) is 9.59 Å². The summed E-state index contributed by atoms with van der Waals surface area (Å²) in [4.78, 5) is 29.6. The highest BCUT2D eigenvalue weighted by atomic mass is 16.2. The van der Waals surface area contributed by atoms with Gasteiger partial charge in [-0.1, -0.05) is 29.8 Å². The van der Waals surface area contributed by atoms with E-state index < -0.39 is 0 Å². The molecule has 1 aliphatic carbocycles. The highest BCUT2D eigenvalue weighted by Crippen LogP contribution is 2.23. The summed E-state index contributed by atoms with van der Waals surface area (Å²) in [5, 5.41) is 5.93. The number of carbonyl (C=O) groups excluding carboxylic acids is 2. The first-order chi connectivity index (χ1) is 12.6. The van der Waals surface area contributed by atoms with E-state index >= 15 is 0 Å². The Hall–Kier alpha value is -2.63. The standard InChI is InChI=1S/C20H24N4O2/c1-13-5-7-14(8-6-13)12-21-19(25)17-16-4-2-3-11-24(16)18(23-17)20(26)22-15-9-10-15/h5-8,15H,2-4,9-12H2,1H3,(H,21,25)(H,22,26). The summed E-state index contributed by atoms with van der Waals surface area (Å²) in [7, 11) is 0.